The Balaban J connectivity index is 3.11. The maximum absolute atomic E-state index is 14.0. The molecule has 0 fully saturated rings. The second-order valence-corrected chi connectivity index (χ2v) is 12.6. The van der Waals surface area contributed by atoms with Crippen molar-refractivity contribution in [3.05, 3.63) is 6.17 Å². The summed E-state index contributed by atoms with van der Waals surface area (Å²) in [7, 11) is 0. The van der Waals surface area contributed by atoms with E-state index >= 15 is 0 Å². The molecular weight excluding hydrogens is 463 g/mol. The van der Waals surface area contributed by atoms with Gasteiger partial charge in [-0.3, -0.25) is 0 Å². The normalized spacial score (nSPS) is 11.7. The first kappa shape index (κ1) is 37.9. The second-order valence-electron chi connectivity index (χ2n) is 12.6. The van der Waals surface area contributed by atoms with Gasteiger partial charge in [-0.2, -0.15) is 0 Å². The number of unbranched alkanes of at least 4 members (excludes halogenated alkanes) is 30. The lowest BCUT2D eigenvalue weighted by atomic mass is 10.0. The van der Waals surface area contributed by atoms with Crippen LogP contribution in [0.4, 0.5) is 4.39 Å². The van der Waals surface area contributed by atoms with Crippen molar-refractivity contribution in [2.75, 3.05) is 0 Å². The first-order valence-electron chi connectivity index (χ1n) is 18.3. The molecule has 0 heterocycles. The number of hydrogen-bond acceptors (Lipinski definition) is 0. The van der Waals surface area contributed by atoms with Crippen LogP contribution in [-0.4, -0.2) is 0 Å². The molecule has 0 N–H and O–H groups in total. The van der Waals surface area contributed by atoms with E-state index in [0.717, 1.165) is 25.7 Å². The van der Waals surface area contributed by atoms with Crippen LogP contribution in [0, 0.1) is 6.17 Å². The fourth-order valence-electron chi connectivity index (χ4n) is 5.85. The molecule has 0 aliphatic carbocycles. The lowest BCUT2D eigenvalue weighted by molar-refractivity contribution is 0.397. The van der Waals surface area contributed by atoms with Gasteiger partial charge in [-0.15, -0.1) is 0 Å². The molecule has 0 aromatic carbocycles. The number of rotatable bonds is 34. The highest BCUT2D eigenvalue weighted by Crippen LogP contribution is 2.22. The fraction of sp³-hybridized carbons (Fsp3) is 0.973. The minimum absolute atomic E-state index is 0.274. The zero-order chi connectivity index (χ0) is 27.6. The Hall–Kier alpha value is -0.0700. The van der Waals surface area contributed by atoms with Gasteiger partial charge in [0.2, 0.25) is 0 Å². The van der Waals surface area contributed by atoms with Crippen LogP contribution in [0.1, 0.15) is 232 Å². The minimum Gasteiger partial charge on any atom is -0.240 e. The van der Waals surface area contributed by atoms with Crippen LogP contribution in [0.3, 0.4) is 0 Å². The lowest BCUT2D eigenvalue weighted by Gasteiger charge is -2.07. The molecule has 0 atom stereocenters. The molecular formula is C37H74F. The van der Waals surface area contributed by atoms with Crippen molar-refractivity contribution < 1.29 is 4.39 Å². The van der Waals surface area contributed by atoms with E-state index in [9.17, 15) is 4.39 Å². The van der Waals surface area contributed by atoms with Gasteiger partial charge < -0.3 is 0 Å². The van der Waals surface area contributed by atoms with E-state index in [2.05, 4.69) is 13.8 Å². The van der Waals surface area contributed by atoms with Gasteiger partial charge in [-0.25, -0.2) is 4.39 Å². The third-order valence-electron chi connectivity index (χ3n) is 8.60. The summed E-state index contributed by atoms with van der Waals surface area (Å²) in [6.07, 6.45) is 46.1. The predicted molar refractivity (Wildman–Crippen MR) is 173 cm³/mol. The topological polar surface area (TPSA) is 0 Å². The summed E-state index contributed by atoms with van der Waals surface area (Å²) in [6, 6.07) is 0. The zero-order valence-corrected chi connectivity index (χ0v) is 26.9. The Labute approximate surface area is 242 Å². The van der Waals surface area contributed by atoms with Crippen LogP contribution in [0.2, 0.25) is 0 Å². The van der Waals surface area contributed by atoms with Crippen LogP contribution in [0.25, 0.3) is 0 Å². The Morgan fingerprint density at radius 2 is 0.421 bits per heavy atom. The lowest BCUT2D eigenvalue weighted by Crippen LogP contribution is -1.91. The molecule has 0 bridgehead atoms. The van der Waals surface area contributed by atoms with E-state index in [1.165, 1.54) is 193 Å². The Bertz CT molecular complexity index is 392. The SMILES string of the molecule is CCCCCCCCCCCCCCCCCCCCCCCCC[C](F)CCCCCCCCCCC. The molecule has 0 saturated heterocycles. The van der Waals surface area contributed by atoms with Crippen molar-refractivity contribution in [2.24, 2.45) is 0 Å². The summed E-state index contributed by atoms with van der Waals surface area (Å²) in [4.78, 5) is 0. The van der Waals surface area contributed by atoms with Gasteiger partial charge in [0, 0.05) is 0 Å². The van der Waals surface area contributed by atoms with Crippen LogP contribution in [0.15, 0.2) is 0 Å². The third kappa shape index (κ3) is 34.0. The second kappa shape index (κ2) is 35.0. The maximum Gasteiger partial charge on any atom is 0.144 e. The van der Waals surface area contributed by atoms with Crippen molar-refractivity contribution in [3.63, 3.8) is 0 Å². The molecule has 1 heteroatoms. The van der Waals surface area contributed by atoms with Crippen LogP contribution < -0.4 is 0 Å². The first-order valence-corrected chi connectivity index (χ1v) is 18.3. The van der Waals surface area contributed by atoms with E-state index in [0.29, 0.717) is 0 Å². The highest BCUT2D eigenvalue weighted by atomic mass is 19.1. The van der Waals surface area contributed by atoms with Gasteiger partial charge in [0.1, 0.15) is 6.17 Å². The van der Waals surface area contributed by atoms with E-state index in [4.69, 9.17) is 0 Å². The molecule has 0 aromatic heterocycles. The Morgan fingerprint density at radius 3 is 0.605 bits per heavy atom. The largest absolute Gasteiger partial charge is 0.240 e. The molecule has 0 rings (SSSR count). The molecule has 0 saturated carbocycles. The van der Waals surface area contributed by atoms with Crippen molar-refractivity contribution >= 4 is 0 Å². The quantitative estimate of drug-likeness (QED) is 0.0716. The van der Waals surface area contributed by atoms with Gasteiger partial charge in [0.15, 0.2) is 0 Å². The van der Waals surface area contributed by atoms with Crippen molar-refractivity contribution in [3.8, 4) is 0 Å². The molecule has 229 valence electrons. The molecule has 0 spiro atoms. The highest BCUT2D eigenvalue weighted by molar-refractivity contribution is 4.75. The highest BCUT2D eigenvalue weighted by Gasteiger charge is 2.07. The predicted octanol–water partition coefficient (Wildman–Crippen LogP) is 14.8. The molecule has 0 aliphatic rings. The summed E-state index contributed by atoms with van der Waals surface area (Å²) in [6.45, 7) is 4.57. The molecule has 38 heavy (non-hydrogen) atoms. The van der Waals surface area contributed by atoms with Crippen molar-refractivity contribution in [1.29, 1.82) is 0 Å². The van der Waals surface area contributed by atoms with Crippen LogP contribution in [-0.2, 0) is 0 Å². The van der Waals surface area contributed by atoms with Gasteiger partial charge in [-0.1, -0.05) is 219 Å². The summed E-state index contributed by atoms with van der Waals surface area (Å²) in [5.41, 5.74) is 0. The minimum atomic E-state index is 0.274. The standard InChI is InChI=1S/C37H74F/c1-3-5-7-9-11-13-14-15-16-17-18-19-20-21-22-23-24-25-26-28-30-32-34-36-37(38)35-33-31-29-27-12-10-8-6-4-2/h3-36H2,1-2H3. The van der Waals surface area contributed by atoms with E-state index in [-0.39, 0.29) is 6.17 Å². The third-order valence-corrected chi connectivity index (χ3v) is 8.60. The first-order chi connectivity index (χ1) is 18.8. The van der Waals surface area contributed by atoms with Crippen LogP contribution in [0.5, 0.6) is 0 Å². The smallest absolute Gasteiger partial charge is 0.144 e. The average molecular weight is 538 g/mol. The summed E-state index contributed by atoms with van der Waals surface area (Å²) in [5, 5.41) is 0. The molecule has 0 aliphatic heterocycles. The van der Waals surface area contributed by atoms with E-state index in [1.807, 2.05) is 0 Å². The fourth-order valence-corrected chi connectivity index (χ4v) is 5.85. The zero-order valence-electron chi connectivity index (χ0n) is 26.9. The monoisotopic (exact) mass is 538 g/mol. The van der Waals surface area contributed by atoms with Crippen molar-refractivity contribution in [1.82, 2.24) is 0 Å². The summed E-state index contributed by atoms with van der Waals surface area (Å²) >= 11 is 0. The molecule has 1 radical (unpaired) electrons. The molecule has 0 amide bonds. The number of halogens is 1. The Kier molecular flexibility index (Phi) is 34.9. The van der Waals surface area contributed by atoms with Gasteiger partial charge in [0.05, 0.1) is 0 Å². The average Bonchev–Trinajstić information content (AvgIpc) is 2.92. The molecule has 0 nitrogen and oxygen atoms in total. The van der Waals surface area contributed by atoms with Gasteiger partial charge in [-0.05, 0) is 12.8 Å². The van der Waals surface area contributed by atoms with Crippen LogP contribution >= 0.6 is 0 Å². The van der Waals surface area contributed by atoms with Gasteiger partial charge in [0.25, 0.3) is 0 Å². The van der Waals surface area contributed by atoms with Crippen molar-refractivity contribution in [2.45, 2.75) is 232 Å². The molecule has 0 unspecified atom stereocenters. The van der Waals surface area contributed by atoms with Gasteiger partial charge >= 0.3 is 0 Å². The maximum atomic E-state index is 14.0. The summed E-state index contributed by atoms with van der Waals surface area (Å²) in [5.74, 6) is 0. The van der Waals surface area contributed by atoms with E-state index < -0.39 is 0 Å². The van der Waals surface area contributed by atoms with E-state index in [1.54, 1.807) is 0 Å². The summed E-state index contributed by atoms with van der Waals surface area (Å²) < 4.78 is 14.0. The Morgan fingerprint density at radius 1 is 0.263 bits per heavy atom. The molecule has 0 aromatic rings. The number of hydrogen-bond donors (Lipinski definition) is 0.